The molecule has 0 saturated carbocycles. The van der Waals surface area contributed by atoms with Crippen LogP contribution in [0.4, 0.5) is 0 Å². The Kier molecular flexibility index (Phi) is 6.62. The highest BCUT2D eigenvalue weighted by atomic mass is 35.5. The van der Waals surface area contributed by atoms with Crippen molar-refractivity contribution in [3.8, 4) is 11.3 Å². The largest absolute Gasteiger partial charge is 0.350 e. The first-order valence-corrected chi connectivity index (χ1v) is 7.84. The van der Waals surface area contributed by atoms with Crippen LogP contribution in [-0.2, 0) is 0 Å². The van der Waals surface area contributed by atoms with Gasteiger partial charge in [0.1, 0.15) is 5.69 Å². The van der Waals surface area contributed by atoms with Crippen LogP contribution in [0.15, 0.2) is 40.9 Å². The Bertz CT molecular complexity index is 609. The summed E-state index contributed by atoms with van der Waals surface area (Å²) >= 11 is 0. The summed E-state index contributed by atoms with van der Waals surface area (Å²) in [5.74, 6) is 0.725. The van der Waals surface area contributed by atoms with Gasteiger partial charge in [0, 0.05) is 18.2 Å². The summed E-state index contributed by atoms with van der Waals surface area (Å²) in [6, 6.07) is 11.4. The van der Waals surface area contributed by atoms with Crippen LogP contribution in [0.2, 0.25) is 0 Å². The fourth-order valence-corrected chi connectivity index (χ4v) is 2.77. The second-order valence-electron chi connectivity index (χ2n) is 5.70. The van der Waals surface area contributed by atoms with Crippen LogP contribution in [0.1, 0.15) is 29.8 Å². The van der Waals surface area contributed by atoms with Crippen molar-refractivity contribution in [2.24, 2.45) is 5.92 Å². The Labute approximate surface area is 142 Å². The zero-order chi connectivity index (χ0) is 15.2. The van der Waals surface area contributed by atoms with E-state index >= 15 is 0 Å². The number of nitrogens with zero attached hydrogens (tertiary/aromatic N) is 1. The van der Waals surface area contributed by atoms with E-state index in [2.05, 4.69) is 15.8 Å². The Morgan fingerprint density at radius 3 is 2.91 bits per heavy atom. The summed E-state index contributed by atoms with van der Waals surface area (Å²) in [4.78, 5) is 12.1. The first-order valence-electron chi connectivity index (χ1n) is 7.84. The molecule has 0 spiro atoms. The molecule has 1 fully saturated rings. The van der Waals surface area contributed by atoms with Gasteiger partial charge in [0.25, 0.3) is 5.91 Å². The smallest absolute Gasteiger partial charge is 0.289 e. The van der Waals surface area contributed by atoms with Crippen LogP contribution in [0.3, 0.4) is 0 Å². The van der Waals surface area contributed by atoms with Gasteiger partial charge in [0.05, 0.1) is 0 Å². The summed E-state index contributed by atoms with van der Waals surface area (Å²) in [5, 5.41) is 10.3. The number of carbonyl (C=O) groups excluding carboxylic acids is 1. The highest BCUT2D eigenvalue weighted by Gasteiger charge is 2.16. The van der Waals surface area contributed by atoms with Gasteiger partial charge >= 0.3 is 0 Å². The van der Waals surface area contributed by atoms with Gasteiger partial charge in [0.2, 0.25) is 5.76 Å². The fraction of sp³-hybridized carbons (Fsp3) is 0.412. The van der Waals surface area contributed by atoms with E-state index in [1.165, 1.54) is 12.8 Å². The van der Waals surface area contributed by atoms with Gasteiger partial charge in [-0.3, -0.25) is 4.79 Å². The molecular formula is C17H22ClN3O2. The van der Waals surface area contributed by atoms with Crippen molar-refractivity contribution in [1.82, 2.24) is 15.8 Å². The average Bonchev–Trinajstić information content (AvgIpc) is 3.07. The van der Waals surface area contributed by atoms with Crippen molar-refractivity contribution in [3.05, 3.63) is 42.2 Å². The van der Waals surface area contributed by atoms with Gasteiger partial charge in [-0.15, -0.1) is 12.4 Å². The Morgan fingerprint density at radius 1 is 1.35 bits per heavy atom. The second-order valence-corrected chi connectivity index (χ2v) is 5.70. The molecule has 1 aromatic heterocycles. The molecule has 1 atom stereocenters. The summed E-state index contributed by atoms with van der Waals surface area (Å²) in [5.41, 5.74) is 1.63. The molecule has 124 valence electrons. The molecule has 0 radical (unpaired) electrons. The van der Waals surface area contributed by atoms with E-state index in [-0.39, 0.29) is 24.1 Å². The van der Waals surface area contributed by atoms with Crippen molar-refractivity contribution < 1.29 is 9.32 Å². The van der Waals surface area contributed by atoms with E-state index in [1.54, 1.807) is 6.07 Å². The van der Waals surface area contributed by atoms with E-state index in [0.717, 1.165) is 25.1 Å². The monoisotopic (exact) mass is 335 g/mol. The number of carbonyl (C=O) groups is 1. The van der Waals surface area contributed by atoms with Crippen LogP contribution in [0.25, 0.3) is 11.3 Å². The third-order valence-electron chi connectivity index (χ3n) is 4.04. The molecule has 1 aromatic carbocycles. The Balaban J connectivity index is 0.00000192. The molecule has 2 heterocycles. The lowest BCUT2D eigenvalue weighted by molar-refractivity contribution is 0.0914. The van der Waals surface area contributed by atoms with Crippen LogP contribution < -0.4 is 10.6 Å². The van der Waals surface area contributed by atoms with Crippen molar-refractivity contribution >= 4 is 18.3 Å². The molecule has 6 heteroatoms. The molecule has 1 saturated heterocycles. The lowest BCUT2D eigenvalue weighted by Crippen LogP contribution is -2.33. The number of benzene rings is 1. The SMILES string of the molecule is Cl.O=C(NCCC1CCCNC1)c1cc(-c2ccccc2)no1. The van der Waals surface area contributed by atoms with E-state index in [1.807, 2.05) is 30.3 Å². The predicted molar refractivity (Wildman–Crippen MR) is 91.7 cm³/mol. The van der Waals surface area contributed by atoms with E-state index in [0.29, 0.717) is 18.2 Å². The summed E-state index contributed by atoms with van der Waals surface area (Å²) in [6.45, 7) is 2.84. The molecule has 0 aliphatic carbocycles. The van der Waals surface area contributed by atoms with Crippen LogP contribution in [0.5, 0.6) is 0 Å². The highest BCUT2D eigenvalue weighted by Crippen LogP contribution is 2.18. The first kappa shape index (κ1) is 17.5. The lowest BCUT2D eigenvalue weighted by Gasteiger charge is -2.22. The van der Waals surface area contributed by atoms with Crippen LogP contribution >= 0.6 is 12.4 Å². The van der Waals surface area contributed by atoms with E-state index in [4.69, 9.17) is 4.52 Å². The summed E-state index contributed by atoms with van der Waals surface area (Å²) in [7, 11) is 0. The van der Waals surface area contributed by atoms with E-state index in [9.17, 15) is 4.79 Å². The van der Waals surface area contributed by atoms with Gasteiger partial charge in [-0.05, 0) is 38.3 Å². The van der Waals surface area contributed by atoms with E-state index < -0.39 is 0 Å². The van der Waals surface area contributed by atoms with Crippen molar-refractivity contribution in [1.29, 1.82) is 0 Å². The minimum absolute atomic E-state index is 0. The summed E-state index contributed by atoms with van der Waals surface area (Å²) in [6.07, 6.45) is 3.46. The quantitative estimate of drug-likeness (QED) is 0.881. The second kappa shape index (κ2) is 8.70. The van der Waals surface area contributed by atoms with Crippen LogP contribution in [-0.4, -0.2) is 30.7 Å². The zero-order valence-electron chi connectivity index (χ0n) is 13.0. The molecule has 23 heavy (non-hydrogen) atoms. The standard InChI is InChI=1S/C17H21N3O2.ClH/c21-17(19-10-8-13-5-4-9-18-12-13)16-11-15(20-22-16)14-6-2-1-3-7-14;/h1-3,6-7,11,13,18H,4-5,8-10,12H2,(H,19,21);1H. The third kappa shape index (κ3) is 4.81. The molecule has 1 aliphatic rings. The van der Waals surface area contributed by atoms with Crippen LogP contribution in [0, 0.1) is 5.92 Å². The number of nitrogens with one attached hydrogen (secondary N) is 2. The fourth-order valence-electron chi connectivity index (χ4n) is 2.77. The third-order valence-corrected chi connectivity index (χ3v) is 4.04. The molecule has 0 bridgehead atoms. The van der Waals surface area contributed by atoms with Gasteiger partial charge in [-0.25, -0.2) is 0 Å². The van der Waals surface area contributed by atoms with Gasteiger partial charge in [0.15, 0.2) is 0 Å². The maximum absolute atomic E-state index is 12.1. The molecule has 5 nitrogen and oxygen atoms in total. The minimum Gasteiger partial charge on any atom is -0.350 e. The average molecular weight is 336 g/mol. The highest BCUT2D eigenvalue weighted by molar-refractivity contribution is 5.92. The number of piperidine rings is 1. The maximum Gasteiger partial charge on any atom is 0.289 e. The lowest BCUT2D eigenvalue weighted by atomic mass is 9.96. The zero-order valence-corrected chi connectivity index (χ0v) is 13.8. The van der Waals surface area contributed by atoms with Gasteiger partial charge < -0.3 is 15.2 Å². The van der Waals surface area contributed by atoms with Crippen molar-refractivity contribution in [3.63, 3.8) is 0 Å². The topological polar surface area (TPSA) is 67.2 Å². The number of halogens is 1. The molecular weight excluding hydrogens is 314 g/mol. The maximum atomic E-state index is 12.1. The molecule has 1 aliphatic heterocycles. The molecule has 1 amide bonds. The number of hydrogen-bond donors (Lipinski definition) is 2. The minimum atomic E-state index is -0.196. The number of rotatable bonds is 5. The van der Waals surface area contributed by atoms with Crippen molar-refractivity contribution in [2.45, 2.75) is 19.3 Å². The normalized spacial score (nSPS) is 17.3. The number of aromatic nitrogens is 1. The number of amides is 1. The first-order chi connectivity index (χ1) is 10.8. The predicted octanol–water partition coefficient (Wildman–Crippen LogP) is 2.88. The molecule has 2 aromatic rings. The van der Waals surface area contributed by atoms with Crippen molar-refractivity contribution in [2.75, 3.05) is 19.6 Å². The van der Waals surface area contributed by atoms with Gasteiger partial charge in [-0.2, -0.15) is 0 Å². The molecule has 2 N–H and O–H groups in total. The Hall–Kier alpha value is -1.85. The van der Waals surface area contributed by atoms with Gasteiger partial charge in [-0.1, -0.05) is 35.5 Å². The molecule has 1 unspecified atom stereocenters. The summed E-state index contributed by atoms with van der Waals surface area (Å²) < 4.78 is 5.15. The molecule has 3 rings (SSSR count). The number of hydrogen-bond acceptors (Lipinski definition) is 4. The Morgan fingerprint density at radius 2 is 2.17 bits per heavy atom.